The van der Waals surface area contributed by atoms with Gasteiger partial charge < -0.3 is 4.52 Å². The van der Waals surface area contributed by atoms with Gasteiger partial charge in [-0.05, 0) is 6.07 Å². The summed E-state index contributed by atoms with van der Waals surface area (Å²) in [5.74, 6) is 0.663. The maximum Gasteiger partial charge on any atom is 0.257 e. The first-order valence-electron chi connectivity index (χ1n) is 4.36. The van der Waals surface area contributed by atoms with E-state index in [0.717, 1.165) is 0 Å². The molecule has 0 atom stereocenters. The van der Waals surface area contributed by atoms with Crippen LogP contribution in [0, 0.1) is 6.92 Å². The Balaban J connectivity index is 2.06. The van der Waals surface area contributed by atoms with Crippen LogP contribution in [-0.4, -0.2) is 28.8 Å². The number of sulfonamides is 1. The number of rotatable bonds is 4. The lowest BCUT2D eigenvalue weighted by molar-refractivity contribution is 0.387. The van der Waals surface area contributed by atoms with Gasteiger partial charge in [0.15, 0.2) is 10.9 Å². The molecule has 0 radical (unpaired) electrons. The fourth-order valence-electron chi connectivity index (χ4n) is 1.04. The minimum Gasteiger partial charge on any atom is -0.340 e. The molecule has 0 saturated carbocycles. The lowest BCUT2D eigenvalue weighted by atomic mass is 10.6. The Bertz CT molecular complexity index is 559. The van der Waals surface area contributed by atoms with Crippen LogP contribution in [0.15, 0.2) is 21.8 Å². The third-order valence-electron chi connectivity index (χ3n) is 1.75. The molecular weight excluding hydrogens is 234 g/mol. The number of aryl methyl sites for hydroxylation is 1. The predicted octanol–water partition coefficient (Wildman–Crippen LogP) is -0.420. The van der Waals surface area contributed by atoms with Crippen molar-refractivity contribution >= 4 is 10.0 Å². The quantitative estimate of drug-likeness (QED) is 0.753. The van der Waals surface area contributed by atoms with Crippen molar-refractivity contribution in [3.63, 3.8) is 0 Å². The Morgan fingerprint density at radius 3 is 2.94 bits per heavy atom. The molecule has 0 amide bonds. The van der Waals surface area contributed by atoms with E-state index >= 15 is 0 Å². The number of aromatic nitrogens is 4. The molecule has 8 nitrogen and oxygen atoms in total. The number of nitrogens with one attached hydrogen (secondary N) is 2. The maximum atomic E-state index is 11.6. The molecule has 86 valence electrons. The Kier molecular flexibility index (Phi) is 2.71. The van der Waals surface area contributed by atoms with Gasteiger partial charge in [0.2, 0.25) is 5.89 Å². The van der Waals surface area contributed by atoms with E-state index in [2.05, 4.69) is 25.1 Å². The topological polar surface area (TPSA) is 114 Å². The molecule has 2 heterocycles. The van der Waals surface area contributed by atoms with Crippen molar-refractivity contribution in [1.29, 1.82) is 0 Å². The highest BCUT2D eigenvalue weighted by molar-refractivity contribution is 7.89. The zero-order valence-corrected chi connectivity index (χ0v) is 9.15. The first-order chi connectivity index (χ1) is 7.58. The standard InChI is InChI=1S/C7H9N5O3S/c1-5-10-6(12-15-5)4-9-16(13,14)7-2-3-8-11-7/h2-3,9H,4H2,1H3,(H,8,11). The molecule has 0 spiro atoms. The summed E-state index contributed by atoms with van der Waals surface area (Å²) in [7, 11) is -3.60. The molecule has 2 rings (SSSR count). The van der Waals surface area contributed by atoms with Crippen molar-refractivity contribution in [3.05, 3.63) is 24.0 Å². The average Bonchev–Trinajstić information content (AvgIpc) is 2.85. The third kappa shape index (κ3) is 2.25. The normalized spacial score (nSPS) is 11.8. The molecule has 0 saturated heterocycles. The van der Waals surface area contributed by atoms with E-state index in [0.29, 0.717) is 5.89 Å². The molecule has 0 unspecified atom stereocenters. The minimum atomic E-state index is -3.60. The van der Waals surface area contributed by atoms with Crippen LogP contribution in [0.5, 0.6) is 0 Å². The molecular formula is C7H9N5O3S. The second-order valence-corrected chi connectivity index (χ2v) is 4.71. The van der Waals surface area contributed by atoms with Gasteiger partial charge in [-0.2, -0.15) is 10.1 Å². The molecule has 0 aliphatic carbocycles. The van der Waals surface area contributed by atoms with E-state index in [1.165, 1.54) is 12.3 Å². The van der Waals surface area contributed by atoms with Crippen LogP contribution < -0.4 is 4.72 Å². The Hall–Kier alpha value is -1.74. The number of hydrogen-bond acceptors (Lipinski definition) is 6. The van der Waals surface area contributed by atoms with Crippen molar-refractivity contribution in [3.8, 4) is 0 Å². The predicted molar refractivity (Wildman–Crippen MR) is 51.6 cm³/mol. The van der Waals surface area contributed by atoms with Gasteiger partial charge in [0, 0.05) is 6.92 Å². The van der Waals surface area contributed by atoms with Crippen LogP contribution in [0.4, 0.5) is 0 Å². The van der Waals surface area contributed by atoms with E-state index in [-0.39, 0.29) is 17.4 Å². The first kappa shape index (κ1) is 10.8. The Morgan fingerprint density at radius 2 is 2.38 bits per heavy atom. The van der Waals surface area contributed by atoms with Gasteiger partial charge in [-0.1, -0.05) is 5.16 Å². The zero-order valence-electron chi connectivity index (χ0n) is 8.34. The molecule has 0 aromatic carbocycles. The van der Waals surface area contributed by atoms with Crippen LogP contribution in [0.3, 0.4) is 0 Å². The van der Waals surface area contributed by atoms with E-state index in [9.17, 15) is 8.42 Å². The van der Waals surface area contributed by atoms with Crippen molar-refractivity contribution in [2.75, 3.05) is 0 Å². The van der Waals surface area contributed by atoms with Gasteiger partial charge in [0.05, 0.1) is 12.7 Å². The fraction of sp³-hybridized carbons (Fsp3) is 0.286. The minimum absolute atomic E-state index is 0.00674. The van der Waals surface area contributed by atoms with Crippen molar-refractivity contribution in [2.45, 2.75) is 18.5 Å². The maximum absolute atomic E-state index is 11.6. The summed E-state index contributed by atoms with van der Waals surface area (Å²) in [6, 6.07) is 1.35. The summed E-state index contributed by atoms with van der Waals surface area (Å²) in [4.78, 5) is 3.86. The lowest BCUT2D eigenvalue weighted by Crippen LogP contribution is -2.24. The fourth-order valence-corrected chi connectivity index (χ4v) is 1.93. The molecule has 0 bridgehead atoms. The van der Waals surface area contributed by atoms with E-state index < -0.39 is 10.0 Å². The van der Waals surface area contributed by atoms with Crippen molar-refractivity contribution < 1.29 is 12.9 Å². The number of aromatic amines is 1. The summed E-state index contributed by atoms with van der Waals surface area (Å²) in [6.07, 6.45) is 1.35. The second kappa shape index (κ2) is 4.02. The molecule has 2 aromatic rings. The van der Waals surface area contributed by atoms with Crippen LogP contribution in [-0.2, 0) is 16.6 Å². The molecule has 0 fully saturated rings. The second-order valence-electron chi connectivity index (χ2n) is 2.98. The summed E-state index contributed by atoms with van der Waals surface area (Å²) in [5, 5.41) is 9.46. The van der Waals surface area contributed by atoms with Gasteiger partial charge in [-0.3, -0.25) is 5.10 Å². The smallest absolute Gasteiger partial charge is 0.257 e. The molecule has 0 aliphatic heterocycles. The van der Waals surface area contributed by atoms with E-state index in [4.69, 9.17) is 4.52 Å². The SMILES string of the molecule is Cc1nc(CNS(=O)(=O)c2ccn[nH]2)no1. The van der Waals surface area contributed by atoms with Gasteiger partial charge in [-0.15, -0.1) is 0 Å². The highest BCUT2D eigenvalue weighted by Gasteiger charge is 2.16. The number of hydrogen-bond donors (Lipinski definition) is 2. The Morgan fingerprint density at radius 1 is 1.56 bits per heavy atom. The molecule has 0 aliphatic rings. The van der Waals surface area contributed by atoms with Gasteiger partial charge in [0.1, 0.15) is 0 Å². The highest BCUT2D eigenvalue weighted by atomic mass is 32.2. The third-order valence-corrected chi connectivity index (χ3v) is 3.09. The van der Waals surface area contributed by atoms with Gasteiger partial charge in [-0.25, -0.2) is 13.1 Å². The van der Waals surface area contributed by atoms with Crippen molar-refractivity contribution in [1.82, 2.24) is 25.1 Å². The van der Waals surface area contributed by atoms with Crippen LogP contribution in [0.1, 0.15) is 11.7 Å². The number of H-pyrrole nitrogens is 1. The molecule has 2 N–H and O–H groups in total. The van der Waals surface area contributed by atoms with Gasteiger partial charge in [0.25, 0.3) is 10.0 Å². The Labute approximate surface area is 91.1 Å². The monoisotopic (exact) mass is 243 g/mol. The van der Waals surface area contributed by atoms with Crippen LogP contribution in [0.2, 0.25) is 0 Å². The molecule has 16 heavy (non-hydrogen) atoms. The molecule has 9 heteroatoms. The summed E-state index contributed by atoms with van der Waals surface area (Å²) >= 11 is 0. The van der Waals surface area contributed by atoms with Crippen LogP contribution in [0.25, 0.3) is 0 Å². The largest absolute Gasteiger partial charge is 0.340 e. The molecule has 2 aromatic heterocycles. The number of nitrogens with zero attached hydrogens (tertiary/aromatic N) is 3. The van der Waals surface area contributed by atoms with Crippen LogP contribution >= 0.6 is 0 Å². The summed E-state index contributed by atoms with van der Waals surface area (Å²) < 4.78 is 30.2. The van der Waals surface area contributed by atoms with Crippen molar-refractivity contribution in [2.24, 2.45) is 0 Å². The van der Waals surface area contributed by atoms with Gasteiger partial charge >= 0.3 is 0 Å². The van der Waals surface area contributed by atoms with E-state index in [1.807, 2.05) is 0 Å². The van der Waals surface area contributed by atoms with E-state index in [1.54, 1.807) is 6.92 Å². The zero-order chi connectivity index (χ0) is 11.6. The average molecular weight is 243 g/mol. The lowest BCUT2D eigenvalue weighted by Gasteiger charge is -2.00. The summed E-state index contributed by atoms with van der Waals surface area (Å²) in [6.45, 7) is 1.60. The highest BCUT2D eigenvalue weighted by Crippen LogP contribution is 2.03. The summed E-state index contributed by atoms with van der Waals surface area (Å²) in [5.41, 5.74) is 0. The first-order valence-corrected chi connectivity index (χ1v) is 5.84.